The molecule has 1 saturated carbocycles. The summed E-state index contributed by atoms with van der Waals surface area (Å²) in [6.07, 6.45) is 2.51. The van der Waals surface area contributed by atoms with Gasteiger partial charge in [0.25, 0.3) is 0 Å². The molecule has 1 aromatic rings. The largest absolute Gasteiger partial charge is 0.489 e. The third-order valence-electron chi connectivity index (χ3n) is 3.24. The van der Waals surface area contributed by atoms with E-state index in [4.69, 9.17) is 4.74 Å². The average molecular weight is 421 g/mol. The minimum atomic E-state index is -0.289. The second kappa shape index (κ2) is 9.86. The summed E-state index contributed by atoms with van der Waals surface area (Å²) in [7, 11) is 0. The summed E-state index contributed by atoms with van der Waals surface area (Å²) in [5.41, 5.74) is 0. The van der Waals surface area contributed by atoms with Crippen molar-refractivity contribution in [2.75, 3.05) is 19.6 Å². The van der Waals surface area contributed by atoms with Crippen LogP contribution >= 0.6 is 24.0 Å². The van der Waals surface area contributed by atoms with Crippen molar-refractivity contribution in [2.24, 2.45) is 10.9 Å². The van der Waals surface area contributed by atoms with Crippen LogP contribution in [0.2, 0.25) is 0 Å². The van der Waals surface area contributed by atoms with E-state index >= 15 is 0 Å². The Morgan fingerprint density at radius 3 is 2.82 bits per heavy atom. The van der Waals surface area contributed by atoms with Crippen molar-refractivity contribution in [1.29, 1.82) is 0 Å². The lowest BCUT2D eigenvalue weighted by molar-refractivity contribution is 0.229. The van der Waals surface area contributed by atoms with Gasteiger partial charge in [-0.05, 0) is 44.7 Å². The summed E-state index contributed by atoms with van der Waals surface area (Å²) in [6, 6.07) is 6.18. The van der Waals surface area contributed by atoms with Crippen LogP contribution in [0.5, 0.6) is 5.75 Å². The van der Waals surface area contributed by atoms with Crippen LogP contribution in [0.4, 0.5) is 4.39 Å². The first kappa shape index (κ1) is 19.0. The van der Waals surface area contributed by atoms with E-state index in [1.807, 2.05) is 13.8 Å². The van der Waals surface area contributed by atoms with Crippen LogP contribution in [0.25, 0.3) is 0 Å². The van der Waals surface area contributed by atoms with E-state index in [2.05, 4.69) is 15.6 Å². The number of aliphatic imine (C=N–C) groups is 1. The Balaban J connectivity index is 0.00000242. The Morgan fingerprint density at radius 2 is 2.18 bits per heavy atom. The van der Waals surface area contributed by atoms with Crippen molar-refractivity contribution in [1.82, 2.24) is 10.6 Å². The van der Waals surface area contributed by atoms with E-state index in [-0.39, 0.29) is 35.9 Å². The average Bonchev–Trinajstić information content (AvgIpc) is 3.26. The molecule has 1 atom stereocenters. The lowest BCUT2D eigenvalue weighted by Gasteiger charge is -2.15. The fourth-order valence-electron chi connectivity index (χ4n) is 1.93. The maximum absolute atomic E-state index is 13.1. The molecule has 2 N–H and O–H groups in total. The van der Waals surface area contributed by atoms with Gasteiger partial charge in [0, 0.05) is 19.2 Å². The van der Waals surface area contributed by atoms with E-state index in [9.17, 15) is 4.39 Å². The molecule has 1 aliphatic carbocycles. The highest BCUT2D eigenvalue weighted by Crippen LogP contribution is 2.27. The molecule has 2 rings (SSSR count). The molecular formula is C16H25FIN3O. The molecule has 6 heteroatoms. The van der Waals surface area contributed by atoms with Crippen LogP contribution in [-0.4, -0.2) is 31.7 Å². The first-order valence-corrected chi connectivity index (χ1v) is 7.61. The highest BCUT2D eigenvalue weighted by Gasteiger charge is 2.21. The highest BCUT2D eigenvalue weighted by molar-refractivity contribution is 14.0. The number of ether oxygens (including phenoxy) is 1. The predicted molar refractivity (Wildman–Crippen MR) is 98.6 cm³/mol. The molecule has 22 heavy (non-hydrogen) atoms. The van der Waals surface area contributed by atoms with Crippen molar-refractivity contribution in [2.45, 2.75) is 32.8 Å². The van der Waals surface area contributed by atoms with Gasteiger partial charge in [-0.3, -0.25) is 0 Å². The molecule has 0 saturated heterocycles. The number of guanidine groups is 1. The van der Waals surface area contributed by atoms with Crippen LogP contribution in [0.15, 0.2) is 29.3 Å². The second-order valence-electron chi connectivity index (χ2n) is 5.43. The predicted octanol–water partition coefficient (Wildman–Crippen LogP) is 3.18. The van der Waals surface area contributed by atoms with E-state index in [1.165, 1.54) is 25.0 Å². The van der Waals surface area contributed by atoms with Gasteiger partial charge in [-0.1, -0.05) is 6.07 Å². The Morgan fingerprint density at radius 1 is 1.41 bits per heavy atom. The molecule has 124 valence electrons. The summed E-state index contributed by atoms with van der Waals surface area (Å²) < 4.78 is 18.7. The lowest BCUT2D eigenvalue weighted by atomic mass is 10.3. The minimum absolute atomic E-state index is 0. The summed E-state index contributed by atoms with van der Waals surface area (Å²) >= 11 is 0. The first-order valence-electron chi connectivity index (χ1n) is 7.61. The number of benzene rings is 1. The van der Waals surface area contributed by atoms with Gasteiger partial charge in [0.05, 0.1) is 6.54 Å². The summed E-state index contributed by atoms with van der Waals surface area (Å²) in [4.78, 5) is 4.51. The topological polar surface area (TPSA) is 45.7 Å². The molecule has 0 heterocycles. The van der Waals surface area contributed by atoms with Gasteiger partial charge in [-0.25, -0.2) is 9.38 Å². The number of rotatable bonds is 7. The zero-order chi connectivity index (χ0) is 15.1. The van der Waals surface area contributed by atoms with Gasteiger partial charge in [-0.2, -0.15) is 0 Å². The van der Waals surface area contributed by atoms with Gasteiger partial charge in [-0.15, -0.1) is 24.0 Å². The van der Waals surface area contributed by atoms with Crippen molar-refractivity contribution >= 4 is 29.9 Å². The molecule has 1 aromatic carbocycles. The monoisotopic (exact) mass is 421 g/mol. The molecule has 0 radical (unpaired) electrons. The highest BCUT2D eigenvalue weighted by atomic mass is 127. The number of hydrogen-bond acceptors (Lipinski definition) is 2. The summed E-state index contributed by atoms with van der Waals surface area (Å²) in [6.45, 7) is 6.30. The van der Waals surface area contributed by atoms with Crippen molar-refractivity contribution in [3.05, 3.63) is 30.1 Å². The standard InChI is InChI=1S/C16H24FN3O.HI/c1-3-18-16(20-11-13-7-8-13)19-10-12(2)21-15-6-4-5-14(17)9-15;/h4-6,9,12-13H,3,7-8,10-11H2,1-2H3,(H2,18,19,20);1H. The lowest BCUT2D eigenvalue weighted by Crippen LogP contribution is -2.39. The van der Waals surface area contributed by atoms with Crippen LogP contribution in [0, 0.1) is 11.7 Å². The van der Waals surface area contributed by atoms with E-state index in [1.54, 1.807) is 12.1 Å². The molecule has 1 aliphatic rings. The molecule has 0 aliphatic heterocycles. The van der Waals surface area contributed by atoms with Crippen molar-refractivity contribution in [3.63, 3.8) is 0 Å². The Hall–Kier alpha value is -1.05. The number of nitrogens with zero attached hydrogens (tertiary/aromatic N) is 1. The molecule has 0 spiro atoms. The second-order valence-corrected chi connectivity index (χ2v) is 5.43. The quantitative estimate of drug-likeness (QED) is 0.404. The van der Waals surface area contributed by atoms with Crippen LogP contribution in [0.1, 0.15) is 26.7 Å². The fraction of sp³-hybridized carbons (Fsp3) is 0.562. The third kappa shape index (κ3) is 7.29. The van der Waals surface area contributed by atoms with Gasteiger partial charge in [0.15, 0.2) is 5.96 Å². The normalized spacial score (nSPS) is 15.7. The Kier molecular flexibility index (Phi) is 8.52. The number of hydrogen-bond donors (Lipinski definition) is 2. The van der Waals surface area contributed by atoms with Gasteiger partial charge in [0.2, 0.25) is 0 Å². The van der Waals surface area contributed by atoms with Crippen molar-refractivity contribution < 1.29 is 9.13 Å². The number of nitrogens with one attached hydrogen (secondary N) is 2. The van der Waals surface area contributed by atoms with Gasteiger partial charge >= 0.3 is 0 Å². The SMILES string of the molecule is CCNC(=NCC(C)Oc1cccc(F)c1)NCC1CC1.I. The van der Waals surface area contributed by atoms with E-state index < -0.39 is 0 Å². The fourth-order valence-corrected chi connectivity index (χ4v) is 1.93. The Bertz CT molecular complexity index is 480. The smallest absolute Gasteiger partial charge is 0.191 e. The molecule has 1 fully saturated rings. The summed E-state index contributed by atoms with van der Waals surface area (Å²) in [5, 5.41) is 6.55. The molecule has 4 nitrogen and oxygen atoms in total. The van der Waals surface area contributed by atoms with E-state index in [0.717, 1.165) is 25.0 Å². The maximum atomic E-state index is 13.1. The maximum Gasteiger partial charge on any atom is 0.191 e. The van der Waals surface area contributed by atoms with Crippen molar-refractivity contribution in [3.8, 4) is 5.75 Å². The minimum Gasteiger partial charge on any atom is -0.489 e. The first-order chi connectivity index (χ1) is 10.2. The molecule has 1 unspecified atom stereocenters. The summed E-state index contributed by atoms with van der Waals surface area (Å²) in [5.74, 6) is 1.87. The van der Waals surface area contributed by atoms with Crippen LogP contribution in [0.3, 0.4) is 0 Å². The number of halogens is 2. The molecule has 0 bridgehead atoms. The van der Waals surface area contributed by atoms with Gasteiger partial charge in [0.1, 0.15) is 17.7 Å². The molecular weight excluding hydrogens is 396 g/mol. The zero-order valence-electron chi connectivity index (χ0n) is 13.1. The van der Waals surface area contributed by atoms with Crippen LogP contribution in [-0.2, 0) is 0 Å². The van der Waals surface area contributed by atoms with Gasteiger partial charge < -0.3 is 15.4 Å². The van der Waals surface area contributed by atoms with E-state index in [0.29, 0.717) is 12.3 Å². The third-order valence-corrected chi connectivity index (χ3v) is 3.24. The van der Waals surface area contributed by atoms with Crippen LogP contribution < -0.4 is 15.4 Å². The molecule has 0 amide bonds. The zero-order valence-corrected chi connectivity index (χ0v) is 15.5. The Labute approximate surface area is 148 Å². The molecule has 0 aromatic heterocycles.